The van der Waals surface area contributed by atoms with Crippen molar-refractivity contribution in [1.29, 1.82) is 0 Å². The van der Waals surface area contributed by atoms with E-state index in [4.69, 9.17) is 0 Å². The highest BCUT2D eigenvalue weighted by Gasteiger charge is 2.32. The van der Waals surface area contributed by atoms with Gasteiger partial charge in [-0.15, -0.1) is 11.8 Å². The summed E-state index contributed by atoms with van der Waals surface area (Å²) < 4.78 is 40.3. The second-order valence-corrected chi connectivity index (χ2v) is 11.5. The highest BCUT2D eigenvalue weighted by atomic mass is 32.2. The minimum Gasteiger partial charge on any atom is -0.356 e. The first kappa shape index (κ1) is 24.7. The molecule has 1 heterocycles. The molecular formula is C24H31FN2O3S2. The van der Waals surface area contributed by atoms with Crippen LogP contribution in [0.15, 0.2) is 58.3 Å². The summed E-state index contributed by atoms with van der Waals surface area (Å²) in [6, 6.07) is 13.5. The van der Waals surface area contributed by atoms with Gasteiger partial charge in [0.25, 0.3) is 0 Å². The Hall–Kier alpha value is -1.90. The average Bonchev–Trinajstić information content (AvgIpc) is 2.80. The molecular weight excluding hydrogens is 447 g/mol. The summed E-state index contributed by atoms with van der Waals surface area (Å²) in [7, 11) is -3.53. The summed E-state index contributed by atoms with van der Waals surface area (Å²) >= 11 is 1.63. The Morgan fingerprint density at radius 1 is 1.09 bits per heavy atom. The number of rotatable bonds is 9. The predicted octanol–water partition coefficient (Wildman–Crippen LogP) is 4.65. The van der Waals surface area contributed by atoms with E-state index >= 15 is 0 Å². The minimum atomic E-state index is -3.53. The van der Waals surface area contributed by atoms with Crippen LogP contribution >= 0.6 is 11.8 Å². The number of halogens is 1. The first-order valence-corrected chi connectivity index (χ1v) is 13.5. The summed E-state index contributed by atoms with van der Waals surface area (Å²) in [6.07, 6.45) is 1.87. The molecule has 5 nitrogen and oxygen atoms in total. The molecule has 174 valence electrons. The highest BCUT2D eigenvalue weighted by molar-refractivity contribution is 7.99. The molecule has 3 rings (SSSR count). The SMILES string of the molecule is CC(C)c1ccc(S(=O)(=O)N2CCC(C(=O)NCCCSc3ccc(F)cc3)CC2)cc1. The second kappa shape index (κ2) is 11.3. The monoisotopic (exact) mass is 478 g/mol. The second-order valence-electron chi connectivity index (χ2n) is 8.35. The third kappa shape index (κ3) is 6.56. The smallest absolute Gasteiger partial charge is 0.243 e. The molecule has 1 aliphatic heterocycles. The fourth-order valence-electron chi connectivity index (χ4n) is 3.68. The van der Waals surface area contributed by atoms with Crippen molar-refractivity contribution in [2.75, 3.05) is 25.4 Å². The van der Waals surface area contributed by atoms with Crippen molar-refractivity contribution in [3.05, 3.63) is 59.9 Å². The van der Waals surface area contributed by atoms with Gasteiger partial charge in [-0.1, -0.05) is 26.0 Å². The number of nitrogens with one attached hydrogen (secondary N) is 1. The van der Waals surface area contributed by atoms with Gasteiger partial charge >= 0.3 is 0 Å². The summed E-state index contributed by atoms with van der Waals surface area (Å²) in [5.74, 6) is 0.773. The van der Waals surface area contributed by atoms with E-state index in [0.29, 0.717) is 43.3 Å². The van der Waals surface area contributed by atoms with E-state index in [-0.39, 0.29) is 17.6 Å². The Balaban J connectivity index is 1.40. The van der Waals surface area contributed by atoms with E-state index in [1.807, 2.05) is 12.1 Å². The third-order valence-electron chi connectivity index (χ3n) is 5.71. The molecule has 0 aliphatic carbocycles. The molecule has 0 aromatic heterocycles. The lowest BCUT2D eigenvalue weighted by Gasteiger charge is -2.30. The zero-order valence-corrected chi connectivity index (χ0v) is 20.2. The van der Waals surface area contributed by atoms with Crippen LogP contribution in [0.4, 0.5) is 4.39 Å². The number of benzene rings is 2. The molecule has 0 spiro atoms. The fourth-order valence-corrected chi connectivity index (χ4v) is 6.00. The molecule has 1 amide bonds. The molecule has 0 saturated carbocycles. The van der Waals surface area contributed by atoms with Gasteiger partial charge < -0.3 is 5.32 Å². The van der Waals surface area contributed by atoms with Crippen LogP contribution in [0.1, 0.15) is 44.6 Å². The molecule has 8 heteroatoms. The number of carbonyl (C=O) groups is 1. The number of amides is 1. The van der Waals surface area contributed by atoms with Gasteiger partial charge in [0.2, 0.25) is 15.9 Å². The molecule has 2 aromatic carbocycles. The summed E-state index contributed by atoms with van der Waals surface area (Å²) in [6.45, 7) is 5.43. The van der Waals surface area contributed by atoms with Gasteiger partial charge in [0.1, 0.15) is 5.82 Å². The maximum Gasteiger partial charge on any atom is 0.243 e. The maximum absolute atomic E-state index is 12.9. The van der Waals surface area contributed by atoms with E-state index in [1.165, 1.54) is 16.4 Å². The van der Waals surface area contributed by atoms with Gasteiger partial charge in [0, 0.05) is 30.4 Å². The molecule has 0 atom stereocenters. The van der Waals surface area contributed by atoms with Crippen molar-refractivity contribution < 1.29 is 17.6 Å². The predicted molar refractivity (Wildman–Crippen MR) is 127 cm³/mol. The van der Waals surface area contributed by atoms with Crippen LogP contribution in [0.3, 0.4) is 0 Å². The lowest BCUT2D eigenvalue weighted by Crippen LogP contribution is -2.43. The van der Waals surface area contributed by atoms with Gasteiger partial charge in [-0.3, -0.25) is 4.79 Å². The van der Waals surface area contributed by atoms with Gasteiger partial charge in [-0.05, 0) is 72.9 Å². The van der Waals surface area contributed by atoms with E-state index in [2.05, 4.69) is 19.2 Å². The molecule has 1 N–H and O–H groups in total. The van der Waals surface area contributed by atoms with E-state index in [9.17, 15) is 17.6 Å². The Kier molecular flexibility index (Phi) is 8.73. The zero-order valence-electron chi connectivity index (χ0n) is 18.6. The maximum atomic E-state index is 12.9. The van der Waals surface area contributed by atoms with Crippen LogP contribution in [0.5, 0.6) is 0 Å². The standard InChI is InChI=1S/C24H31FN2O3S2/c1-18(2)19-4-10-23(11-5-19)32(29,30)27-15-12-20(13-16-27)24(28)26-14-3-17-31-22-8-6-21(25)7-9-22/h4-11,18,20H,3,12-17H2,1-2H3,(H,26,28). The quantitative estimate of drug-likeness (QED) is 0.421. The first-order chi connectivity index (χ1) is 15.3. The zero-order chi connectivity index (χ0) is 23.1. The normalized spacial score (nSPS) is 15.8. The van der Waals surface area contributed by atoms with Crippen LogP contribution in [0.2, 0.25) is 0 Å². The van der Waals surface area contributed by atoms with Gasteiger partial charge in [-0.2, -0.15) is 4.31 Å². The van der Waals surface area contributed by atoms with Crippen LogP contribution < -0.4 is 5.32 Å². The van der Waals surface area contributed by atoms with Crippen LogP contribution in [-0.4, -0.2) is 44.0 Å². The number of nitrogens with zero attached hydrogens (tertiary/aromatic N) is 1. The average molecular weight is 479 g/mol. The fraction of sp³-hybridized carbons (Fsp3) is 0.458. The topological polar surface area (TPSA) is 66.5 Å². The molecule has 2 aromatic rings. The van der Waals surface area contributed by atoms with Gasteiger partial charge in [0.15, 0.2) is 0 Å². The molecule has 0 bridgehead atoms. The molecule has 1 fully saturated rings. The van der Waals surface area contributed by atoms with Crippen molar-refractivity contribution >= 4 is 27.7 Å². The lowest BCUT2D eigenvalue weighted by atomic mass is 9.97. The van der Waals surface area contributed by atoms with Crippen LogP contribution in [0, 0.1) is 11.7 Å². The summed E-state index contributed by atoms with van der Waals surface area (Å²) in [5.41, 5.74) is 1.11. The molecule has 1 saturated heterocycles. The van der Waals surface area contributed by atoms with Gasteiger partial charge in [-0.25, -0.2) is 12.8 Å². The van der Waals surface area contributed by atoms with Crippen molar-refractivity contribution in [3.63, 3.8) is 0 Å². The summed E-state index contributed by atoms with van der Waals surface area (Å²) in [5, 5.41) is 2.97. The number of sulfonamides is 1. The van der Waals surface area contributed by atoms with E-state index < -0.39 is 10.0 Å². The van der Waals surface area contributed by atoms with Crippen molar-refractivity contribution in [2.45, 2.75) is 48.8 Å². The Morgan fingerprint density at radius 2 is 1.72 bits per heavy atom. The number of hydrogen-bond donors (Lipinski definition) is 1. The number of hydrogen-bond acceptors (Lipinski definition) is 4. The summed E-state index contributed by atoms with van der Waals surface area (Å²) in [4.78, 5) is 13.8. The minimum absolute atomic E-state index is 0.00452. The highest BCUT2D eigenvalue weighted by Crippen LogP contribution is 2.25. The van der Waals surface area contributed by atoms with E-state index in [1.54, 1.807) is 36.0 Å². The van der Waals surface area contributed by atoms with Crippen LogP contribution in [-0.2, 0) is 14.8 Å². The van der Waals surface area contributed by atoms with Gasteiger partial charge in [0.05, 0.1) is 4.90 Å². The van der Waals surface area contributed by atoms with Crippen molar-refractivity contribution in [2.24, 2.45) is 5.92 Å². The molecule has 1 aliphatic rings. The van der Waals surface area contributed by atoms with E-state index in [0.717, 1.165) is 22.6 Å². The number of piperidine rings is 1. The number of thioether (sulfide) groups is 1. The lowest BCUT2D eigenvalue weighted by molar-refractivity contribution is -0.126. The first-order valence-electron chi connectivity index (χ1n) is 11.0. The van der Waals surface area contributed by atoms with Crippen LogP contribution in [0.25, 0.3) is 0 Å². The molecule has 32 heavy (non-hydrogen) atoms. The van der Waals surface area contributed by atoms with Crippen molar-refractivity contribution in [3.8, 4) is 0 Å². The van der Waals surface area contributed by atoms with Crippen molar-refractivity contribution in [1.82, 2.24) is 9.62 Å². The molecule has 0 radical (unpaired) electrons. The number of carbonyl (C=O) groups excluding carboxylic acids is 1. The Bertz CT molecular complexity index is 985. The Morgan fingerprint density at radius 3 is 2.31 bits per heavy atom. The largest absolute Gasteiger partial charge is 0.356 e. The molecule has 0 unspecified atom stereocenters. The third-order valence-corrected chi connectivity index (χ3v) is 8.72. The Labute approximate surface area is 194 Å².